The number of rotatable bonds is 21. The van der Waals surface area contributed by atoms with E-state index in [1.165, 1.54) is 23.6 Å². The van der Waals surface area contributed by atoms with E-state index in [-0.39, 0.29) is 38.7 Å². The zero-order valence-corrected chi connectivity index (χ0v) is 34.3. The van der Waals surface area contributed by atoms with E-state index in [0.717, 1.165) is 25.7 Å². The van der Waals surface area contributed by atoms with Crippen LogP contribution < -0.4 is 27.4 Å². The highest BCUT2D eigenvalue weighted by molar-refractivity contribution is 5.81. The molecule has 2 heterocycles. The second kappa shape index (κ2) is 24.1. The number of amides is 1. The fourth-order valence-electron chi connectivity index (χ4n) is 7.29. The molecule has 3 fully saturated rings. The lowest BCUT2D eigenvalue weighted by molar-refractivity contribution is -0.307. The van der Waals surface area contributed by atoms with Crippen molar-refractivity contribution >= 4 is 12.1 Å². The van der Waals surface area contributed by atoms with Crippen LogP contribution in [0, 0.1) is 0 Å². The van der Waals surface area contributed by atoms with Gasteiger partial charge in [0.1, 0.15) is 36.1 Å². The number of aliphatic hydroxyl groups excluding tert-OH is 4. The number of hydrogen-bond acceptors (Lipinski definition) is 15. The Morgan fingerprint density at radius 2 is 1.70 bits per heavy atom. The van der Waals surface area contributed by atoms with Gasteiger partial charge in [-0.05, 0) is 92.7 Å². The van der Waals surface area contributed by atoms with Gasteiger partial charge in [-0.3, -0.25) is 9.79 Å². The van der Waals surface area contributed by atoms with Crippen LogP contribution >= 0.6 is 0 Å². The quantitative estimate of drug-likeness (QED) is 0.0419. The van der Waals surface area contributed by atoms with Crippen LogP contribution in [0.5, 0.6) is 0 Å². The fraction of sp³-hybridized carbons (Fsp3) is 0.800. The zero-order chi connectivity index (χ0) is 41.4. The molecule has 1 amide bonds. The summed E-state index contributed by atoms with van der Waals surface area (Å²) in [4.78, 5) is 17.7. The molecule has 2 saturated heterocycles. The van der Waals surface area contributed by atoms with Crippen molar-refractivity contribution in [3.8, 4) is 0 Å². The predicted molar refractivity (Wildman–Crippen MR) is 215 cm³/mol. The minimum Gasteiger partial charge on any atom is -0.395 e. The average Bonchev–Trinajstić information content (AvgIpc) is 3.13. The molecule has 3 rings (SSSR count). The Morgan fingerprint density at radius 1 is 1.00 bits per heavy atom. The first kappa shape index (κ1) is 48.2. The molecule has 1 aliphatic carbocycles. The number of likely N-dealkylation sites (N-methyl/N-ethyl adjacent to an activating group) is 1. The molecule has 0 aromatic carbocycles. The van der Waals surface area contributed by atoms with E-state index in [1.807, 2.05) is 13.0 Å². The van der Waals surface area contributed by atoms with Gasteiger partial charge in [-0.1, -0.05) is 28.9 Å². The number of hydrogen-bond donors (Lipinski definition) is 10. The summed E-state index contributed by atoms with van der Waals surface area (Å²) >= 11 is 0. The van der Waals surface area contributed by atoms with Gasteiger partial charge < -0.3 is 71.9 Å². The third-order valence-corrected chi connectivity index (χ3v) is 10.6. The molecule has 16 nitrogen and oxygen atoms in total. The number of aliphatic hydroxyl groups is 5. The summed E-state index contributed by atoms with van der Waals surface area (Å²) in [5.41, 5.74) is 15.4. The lowest BCUT2D eigenvalue weighted by atomic mass is 9.83. The van der Waals surface area contributed by atoms with E-state index in [9.17, 15) is 25.2 Å². The number of aliphatic imine (C=N–C) groups is 1. The first-order valence-electron chi connectivity index (χ1n) is 20.2. The van der Waals surface area contributed by atoms with Crippen molar-refractivity contribution in [3.05, 3.63) is 34.9 Å². The minimum atomic E-state index is -1.46. The van der Waals surface area contributed by atoms with Crippen LogP contribution in [0.1, 0.15) is 86.0 Å². The zero-order valence-electron chi connectivity index (χ0n) is 34.3. The van der Waals surface area contributed by atoms with Gasteiger partial charge in [0.15, 0.2) is 12.6 Å². The molecule has 16 heteroatoms. The number of nitrogens with two attached hydrogens (primary N) is 2. The second-order valence-corrected chi connectivity index (χ2v) is 16.1. The van der Waals surface area contributed by atoms with Crippen molar-refractivity contribution < 1.29 is 49.3 Å². The van der Waals surface area contributed by atoms with Crippen molar-refractivity contribution in [1.82, 2.24) is 16.0 Å². The molecule has 0 radical (unpaired) electrons. The van der Waals surface area contributed by atoms with Crippen molar-refractivity contribution in [2.45, 2.75) is 165 Å². The molecular weight excluding hydrogens is 724 g/mol. The Bertz CT molecular complexity index is 1310. The van der Waals surface area contributed by atoms with E-state index < -0.39 is 78.8 Å². The molecule has 322 valence electrons. The van der Waals surface area contributed by atoms with E-state index in [0.29, 0.717) is 25.9 Å². The van der Waals surface area contributed by atoms with Crippen LogP contribution in [0.3, 0.4) is 0 Å². The molecule has 2 aliphatic heterocycles. The van der Waals surface area contributed by atoms with Crippen LogP contribution in [-0.2, 0) is 23.7 Å². The van der Waals surface area contributed by atoms with Crippen molar-refractivity contribution in [2.24, 2.45) is 16.5 Å². The molecular formula is C40H72N6O10. The molecule has 13 unspecified atom stereocenters. The maximum absolute atomic E-state index is 13.3. The smallest absolute Gasteiger partial charge is 0.249 e. The Morgan fingerprint density at radius 3 is 2.39 bits per heavy atom. The van der Waals surface area contributed by atoms with E-state index >= 15 is 0 Å². The number of carbonyl (C=O) groups excluding carboxylic acids is 1. The van der Waals surface area contributed by atoms with Crippen molar-refractivity contribution in [1.29, 1.82) is 0 Å². The highest BCUT2D eigenvalue weighted by atomic mass is 16.7. The van der Waals surface area contributed by atoms with Gasteiger partial charge in [-0.25, -0.2) is 0 Å². The summed E-state index contributed by atoms with van der Waals surface area (Å²) in [5.74, 6) is -0.701. The SMILES string of the molecule is CNC1C(O)C(OC2C(NC(=O)C(O)CC/N=C/C=C(\C)CC/C=C(\C)CCC=C(C)C)CC(N)C(OC3OC(CNCCO)CCC3N)C2O)OCC1(C)O. The summed E-state index contributed by atoms with van der Waals surface area (Å²) < 4.78 is 24.3. The van der Waals surface area contributed by atoms with E-state index in [2.05, 4.69) is 53.9 Å². The van der Waals surface area contributed by atoms with Crippen LogP contribution in [0.2, 0.25) is 0 Å². The number of ether oxygens (including phenoxy) is 4. The molecule has 0 aromatic rings. The molecule has 13 atom stereocenters. The van der Waals surface area contributed by atoms with Crippen molar-refractivity contribution in [2.75, 3.05) is 39.9 Å². The van der Waals surface area contributed by atoms with Crippen LogP contribution in [0.15, 0.2) is 39.9 Å². The maximum atomic E-state index is 13.3. The molecule has 1 saturated carbocycles. The molecule has 0 spiro atoms. The minimum absolute atomic E-state index is 0.0151. The van der Waals surface area contributed by atoms with Gasteiger partial charge >= 0.3 is 0 Å². The normalized spacial score (nSPS) is 35.1. The standard InChI is InChI=1S/C40H72N6O10/c1-24(2)9-7-10-25(3)11-8-12-26(4)15-17-44-18-16-31(48)37(51)46-30-21-29(42)34(55-38-28(41)14-13-27(54-38)22-45-19-20-47)32(49)35(30)56-39-33(50)36(43-6)40(5,52)23-53-39/h9,11,15,17,27-36,38-39,43,45,47-50,52H,7-8,10,12-14,16,18-23,41-42H2,1-6H3,(H,46,51)/b25-11+,26-15+,44-17+. The molecule has 3 aliphatic rings. The highest BCUT2D eigenvalue weighted by Crippen LogP contribution is 2.32. The van der Waals surface area contributed by atoms with Crippen molar-refractivity contribution in [3.63, 3.8) is 0 Å². The molecule has 0 bridgehead atoms. The second-order valence-electron chi connectivity index (χ2n) is 16.1. The number of nitrogens with zero attached hydrogens (tertiary/aromatic N) is 1. The first-order valence-corrected chi connectivity index (χ1v) is 20.2. The monoisotopic (exact) mass is 797 g/mol. The lowest BCUT2D eigenvalue weighted by Crippen LogP contribution is -2.69. The van der Waals surface area contributed by atoms with Crippen LogP contribution in [0.25, 0.3) is 0 Å². The Labute approximate surface area is 333 Å². The highest BCUT2D eigenvalue weighted by Gasteiger charge is 2.52. The first-order chi connectivity index (χ1) is 26.6. The largest absolute Gasteiger partial charge is 0.395 e. The van der Waals surface area contributed by atoms with Gasteiger partial charge in [0.25, 0.3) is 0 Å². The van der Waals surface area contributed by atoms with Crippen LogP contribution in [-0.4, -0.2) is 157 Å². The summed E-state index contributed by atoms with van der Waals surface area (Å²) in [5, 5.41) is 62.4. The Kier molecular flexibility index (Phi) is 20.7. The summed E-state index contributed by atoms with van der Waals surface area (Å²) in [6.07, 6.45) is 4.51. The van der Waals surface area contributed by atoms with Crippen LogP contribution in [0.4, 0.5) is 0 Å². The Balaban J connectivity index is 1.64. The van der Waals surface area contributed by atoms with E-state index in [1.54, 1.807) is 13.3 Å². The summed E-state index contributed by atoms with van der Waals surface area (Å²) in [6, 6.07) is -3.09. The number of carbonyl (C=O) groups is 1. The average molecular weight is 797 g/mol. The fourth-order valence-corrected chi connectivity index (χ4v) is 7.29. The van der Waals surface area contributed by atoms with Gasteiger partial charge in [-0.15, -0.1) is 0 Å². The number of nitrogens with one attached hydrogen (secondary N) is 3. The summed E-state index contributed by atoms with van der Waals surface area (Å²) in [6.45, 7) is 10.8. The summed E-state index contributed by atoms with van der Waals surface area (Å²) in [7, 11) is 1.59. The predicted octanol–water partition coefficient (Wildman–Crippen LogP) is 0.0450. The van der Waals surface area contributed by atoms with E-state index in [4.69, 9.17) is 35.5 Å². The molecule has 56 heavy (non-hydrogen) atoms. The van der Waals surface area contributed by atoms with Gasteiger partial charge in [0.05, 0.1) is 37.4 Å². The number of allylic oxidation sites excluding steroid dienone is 6. The maximum Gasteiger partial charge on any atom is 0.249 e. The van der Waals surface area contributed by atoms with Gasteiger partial charge in [0.2, 0.25) is 5.91 Å². The third-order valence-electron chi connectivity index (χ3n) is 10.6. The third kappa shape index (κ3) is 15.2. The lowest BCUT2D eigenvalue weighted by Gasteiger charge is -2.49. The molecule has 12 N–H and O–H groups in total. The topological polar surface area (TPSA) is 256 Å². The molecule has 0 aromatic heterocycles. The van der Waals surface area contributed by atoms with Gasteiger partial charge in [0, 0.05) is 38.3 Å². The van der Waals surface area contributed by atoms with Gasteiger partial charge in [-0.2, -0.15) is 0 Å². The Hall–Kier alpha value is -2.16.